The summed E-state index contributed by atoms with van der Waals surface area (Å²) in [6.45, 7) is 0.311. The van der Waals surface area contributed by atoms with Crippen LogP contribution in [0.1, 0.15) is 16.1 Å². The standard InChI is InChI=1S/C20H19ClN4O3/c1-27-17-9-7-14(11-18(17)28-2)23-19-10-8-16(24-25-19)20(26)22-12-13-5-3-4-6-15(13)21/h3-11H,12H2,1-2H3,(H,22,26)(H,23,25). The van der Waals surface area contributed by atoms with Gasteiger partial charge in [-0.15, -0.1) is 10.2 Å². The molecule has 0 atom stereocenters. The van der Waals surface area contributed by atoms with Gasteiger partial charge < -0.3 is 20.1 Å². The molecule has 0 spiro atoms. The highest BCUT2D eigenvalue weighted by molar-refractivity contribution is 6.31. The molecule has 0 saturated heterocycles. The molecule has 3 aromatic rings. The Labute approximate surface area is 167 Å². The first-order valence-corrected chi connectivity index (χ1v) is 8.83. The van der Waals surface area contributed by atoms with E-state index < -0.39 is 0 Å². The molecule has 0 saturated carbocycles. The lowest BCUT2D eigenvalue weighted by molar-refractivity contribution is 0.0945. The molecular weight excluding hydrogens is 380 g/mol. The normalized spacial score (nSPS) is 10.2. The van der Waals surface area contributed by atoms with Crippen molar-refractivity contribution in [3.05, 3.63) is 70.9 Å². The van der Waals surface area contributed by atoms with Crippen molar-refractivity contribution in [1.82, 2.24) is 15.5 Å². The van der Waals surface area contributed by atoms with Crippen LogP contribution in [0, 0.1) is 0 Å². The van der Waals surface area contributed by atoms with Gasteiger partial charge in [-0.1, -0.05) is 29.8 Å². The largest absolute Gasteiger partial charge is 0.493 e. The van der Waals surface area contributed by atoms with Gasteiger partial charge in [-0.25, -0.2) is 0 Å². The van der Waals surface area contributed by atoms with Crippen LogP contribution in [0.25, 0.3) is 0 Å². The lowest BCUT2D eigenvalue weighted by Crippen LogP contribution is -2.24. The van der Waals surface area contributed by atoms with Crippen LogP contribution in [0.3, 0.4) is 0 Å². The average Bonchev–Trinajstić information content (AvgIpc) is 2.73. The minimum atomic E-state index is -0.329. The van der Waals surface area contributed by atoms with Crippen molar-refractivity contribution in [1.29, 1.82) is 0 Å². The fourth-order valence-corrected chi connectivity index (χ4v) is 2.69. The number of carbonyl (C=O) groups is 1. The number of ether oxygens (including phenoxy) is 2. The molecule has 0 radical (unpaired) electrons. The van der Waals surface area contributed by atoms with E-state index in [1.165, 1.54) is 0 Å². The predicted molar refractivity (Wildman–Crippen MR) is 107 cm³/mol. The zero-order valence-corrected chi connectivity index (χ0v) is 16.2. The van der Waals surface area contributed by atoms with Crippen LogP contribution in [0.2, 0.25) is 5.02 Å². The molecule has 28 heavy (non-hydrogen) atoms. The minimum Gasteiger partial charge on any atom is -0.493 e. The molecule has 1 heterocycles. The molecule has 0 aliphatic carbocycles. The number of nitrogens with one attached hydrogen (secondary N) is 2. The Morgan fingerprint density at radius 3 is 2.46 bits per heavy atom. The topological polar surface area (TPSA) is 85.4 Å². The highest BCUT2D eigenvalue weighted by Gasteiger charge is 2.10. The summed E-state index contributed by atoms with van der Waals surface area (Å²) in [6.07, 6.45) is 0. The molecule has 2 N–H and O–H groups in total. The third-order valence-electron chi connectivity index (χ3n) is 3.95. The van der Waals surface area contributed by atoms with Gasteiger partial charge in [-0.05, 0) is 35.9 Å². The number of anilines is 2. The summed E-state index contributed by atoms with van der Waals surface area (Å²) in [5.74, 6) is 1.39. The number of hydrogen-bond donors (Lipinski definition) is 2. The van der Waals surface area contributed by atoms with Crippen LogP contribution in [-0.2, 0) is 6.54 Å². The van der Waals surface area contributed by atoms with Gasteiger partial charge in [0.2, 0.25) is 0 Å². The molecule has 0 fully saturated rings. The Morgan fingerprint density at radius 1 is 1.00 bits per heavy atom. The Hall–Kier alpha value is -3.32. The van der Waals surface area contributed by atoms with E-state index in [0.29, 0.717) is 28.9 Å². The Bertz CT molecular complexity index is 964. The smallest absolute Gasteiger partial charge is 0.272 e. The second-order valence-electron chi connectivity index (χ2n) is 5.77. The zero-order valence-electron chi connectivity index (χ0n) is 15.4. The van der Waals surface area contributed by atoms with Crippen LogP contribution < -0.4 is 20.1 Å². The number of methoxy groups -OCH3 is 2. The molecule has 1 amide bonds. The maximum atomic E-state index is 12.2. The number of benzene rings is 2. The van der Waals surface area contributed by atoms with Gasteiger partial charge in [0, 0.05) is 23.3 Å². The minimum absolute atomic E-state index is 0.213. The van der Waals surface area contributed by atoms with Gasteiger partial charge >= 0.3 is 0 Å². The van der Waals surface area contributed by atoms with Crippen LogP contribution in [0.5, 0.6) is 11.5 Å². The van der Waals surface area contributed by atoms with E-state index in [9.17, 15) is 4.79 Å². The summed E-state index contributed by atoms with van der Waals surface area (Å²) in [4.78, 5) is 12.2. The summed E-state index contributed by atoms with van der Waals surface area (Å²) < 4.78 is 10.5. The first kappa shape index (κ1) is 19.4. The van der Waals surface area contributed by atoms with Crippen molar-refractivity contribution in [3.63, 3.8) is 0 Å². The fraction of sp³-hybridized carbons (Fsp3) is 0.150. The van der Waals surface area contributed by atoms with Crippen molar-refractivity contribution in [2.45, 2.75) is 6.54 Å². The summed E-state index contributed by atoms with van der Waals surface area (Å²) >= 11 is 6.09. The Balaban J connectivity index is 1.63. The van der Waals surface area contributed by atoms with Crippen LogP contribution >= 0.6 is 11.6 Å². The SMILES string of the molecule is COc1ccc(Nc2ccc(C(=O)NCc3ccccc3Cl)nn2)cc1OC. The van der Waals surface area contributed by atoms with E-state index in [-0.39, 0.29) is 11.6 Å². The molecule has 7 nitrogen and oxygen atoms in total. The fourth-order valence-electron chi connectivity index (χ4n) is 2.49. The maximum absolute atomic E-state index is 12.2. The summed E-state index contributed by atoms with van der Waals surface area (Å²) in [5.41, 5.74) is 1.80. The van der Waals surface area contributed by atoms with Crippen LogP contribution in [0.15, 0.2) is 54.6 Å². The Kier molecular flexibility index (Phi) is 6.29. The molecule has 144 valence electrons. The molecule has 1 aromatic heterocycles. The molecule has 8 heteroatoms. The van der Waals surface area contributed by atoms with Gasteiger partial charge in [0.05, 0.1) is 14.2 Å². The molecular formula is C20H19ClN4O3. The van der Waals surface area contributed by atoms with Crippen LogP contribution in [-0.4, -0.2) is 30.3 Å². The maximum Gasteiger partial charge on any atom is 0.272 e. The lowest BCUT2D eigenvalue weighted by atomic mass is 10.2. The number of aromatic nitrogens is 2. The van der Waals surface area contributed by atoms with E-state index in [2.05, 4.69) is 20.8 Å². The molecule has 0 aliphatic rings. The third-order valence-corrected chi connectivity index (χ3v) is 4.32. The van der Waals surface area contributed by atoms with Crippen molar-refractivity contribution in [3.8, 4) is 11.5 Å². The third kappa shape index (κ3) is 4.69. The zero-order chi connectivity index (χ0) is 19.9. The van der Waals surface area contributed by atoms with Gasteiger partial charge in [-0.2, -0.15) is 0 Å². The number of halogens is 1. The summed E-state index contributed by atoms with van der Waals surface area (Å²) in [5, 5.41) is 14.5. The van der Waals surface area contributed by atoms with Gasteiger partial charge in [0.15, 0.2) is 23.0 Å². The number of hydrogen-bond acceptors (Lipinski definition) is 6. The second kappa shape index (κ2) is 9.05. The predicted octanol–water partition coefficient (Wildman–Crippen LogP) is 3.82. The molecule has 2 aromatic carbocycles. The highest BCUT2D eigenvalue weighted by atomic mass is 35.5. The van der Waals surface area contributed by atoms with Crippen molar-refractivity contribution < 1.29 is 14.3 Å². The molecule has 0 aliphatic heterocycles. The number of rotatable bonds is 7. The number of carbonyl (C=O) groups excluding carboxylic acids is 1. The van der Waals surface area contributed by atoms with Gasteiger partial charge in [-0.3, -0.25) is 4.79 Å². The molecule has 0 unspecified atom stereocenters. The Morgan fingerprint density at radius 2 is 1.79 bits per heavy atom. The van der Waals surface area contributed by atoms with Crippen molar-refractivity contribution in [2.75, 3.05) is 19.5 Å². The van der Waals surface area contributed by atoms with Gasteiger partial charge in [0.25, 0.3) is 5.91 Å². The molecule has 0 bridgehead atoms. The quantitative estimate of drug-likeness (QED) is 0.629. The van der Waals surface area contributed by atoms with Crippen molar-refractivity contribution >= 4 is 29.0 Å². The first-order chi connectivity index (χ1) is 13.6. The summed E-state index contributed by atoms with van der Waals surface area (Å²) in [6, 6.07) is 16.0. The number of nitrogens with zero attached hydrogens (tertiary/aromatic N) is 2. The average molecular weight is 399 g/mol. The second-order valence-corrected chi connectivity index (χ2v) is 6.18. The van der Waals surface area contributed by atoms with Gasteiger partial charge in [0.1, 0.15) is 0 Å². The summed E-state index contributed by atoms with van der Waals surface area (Å²) in [7, 11) is 3.14. The van der Waals surface area contributed by atoms with E-state index in [1.807, 2.05) is 24.3 Å². The molecule has 3 rings (SSSR count). The van der Waals surface area contributed by atoms with E-state index >= 15 is 0 Å². The van der Waals surface area contributed by atoms with E-state index in [0.717, 1.165) is 11.3 Å². The number of amides is 1. The van der Waals surface area contributed by atoms with Crippen molar-refractivity contribution in [2.24, 2.45) is 0 Å². The van der Waals surface area contributed by atoms with E-state index in [1.54, 1.807) is 44.6 Å². The lowest BCUT2D eigenvalue weighted by Gasteiger charge is -2.11. The first-order valence-electron chi connectivity index (χ1n) is 8.45. The monoisotopic (exact) mass is 398 g/mol. The van der Waals surface area contributed by atoms with E-state index in [4.69, 9.17) is 21.1 Å². The van der Waals surface area contributed by atoms with Crippen LogP contribution in [0.4, 0.5) is 11.5 Å². The highest BCUT2D eigenvalue weighted by Crippen LogP contribution is 2.30.